The van der Waals surface area contributed by atoms with E-state index < -0.39 is 0 Å². The molecule has 0 aliphatic carbocycles. The standard InChI is InChI=1S/C11H15N3O2/c1-4-16-11(15)9-5-7-10(8-6-9)12-13-14(2)3/h5-8H,4H2,1-3H3. The highest BCUT2D eigenvalue weighted by Crippen LogP contribution is 2.14. The first-order valence-corrected chi connectivity index (χ1v) is 4.99. The largest absolute Gasteiger partial charge is 0.462 e. The molecule has 16 heavy (non-hydrogen) atoms. The lowest BCUT2D eigenvalue weighted by molar-refractivity contribution is 0.0526. The van der Waals surface area contributed by atoms with Gasteiger partial charge in [0, 0.05) is 14.1 Å². The molecule has 0 N–H and O–H groups in total. The van der Waals surface area contributed by atoms with E-state index in [4.69, 9.17) is 4.74 Å². The Morgan fingerprint density at radius 3 is 2.44 bits per heavy atom. The number of rotatable bonds is 4. The van der Waals surface area contributed by atoms with Gasteiger partial charge in [-0.15, -0.1) is 5.11 Å². The molecule has 0 fully saturated rings. The zero-order valence-corrected chi connectivity index (χ0v) is 9.67. The van der Waals surface area contributed by atoms with Crippen LogP contribution in [0.2, 0.25) is 0 Å². The van der Waals surface area contributed by atoms with Gasteiger partial charge in [0.2, 0.25) is 0 Å². The highest BCUT2D eigenvalue weighted by atomic mass is 16.5. The van der Waals surface area contributed by atoms with E-state index in [2.05, 4.69) is 10.3 Å². The molecule has 0 aliphatic heterocycles. The van der Waals surface area contributed by atoms with Gasteiger partial charge < -0.3 is 4.74 Å². The van der Waals surface area contributed by atoms with Gasteiger partial charge in [0.25, 0.3) is 0 Å². The average molecular weight is 221 g/mol. The van der Waals surface area contributed by atoms with Gasteiger partial charge in [-0.1, -0.05) is 5.22 Å². The van der Waals surface area contributed by atoms with Gasteiger partial charge in [-0.3, -0.25) is 5.01 Å². The van der Waals surface area contributed by atoms with E-state index in [1.54, 1.807) is 50.3 Å². The maximum atomic E-state index is 11.3. The van der Waals surface area contributed by atoms with E-state index in [1.807, 2.05) is 0 Å². The van der Waals surface area contributed by atoms with Crippen LogP contribution in [-0.4, -0.2) is 31.7 Å². The first-order valence-electron chi connectivity index (χ1n) is 4.99. The number of benzene rings is 1. The summed E-state index contributed by atoms with van der Waals surface area (Å²) in [6, 6.07) is 6.78. The van der Waals surface area contributed by atoms with Crippen molar-refractivity contribution in [2.24, 2.45) is 10.3 Å². The quantitative estimate of drug-likeness (QED) is 0.445. The molecule has 1 aromatic carbocycles. The molecule has 0 radical (unpaired) electrons. The van der Waals surface area contributed by atoms with Gasteiger partial charge in [-0.05, 0) is 31.2 Å². The highest BCUT2D eigenvalue weighted by molar-refractivity contribution is 5.89. The van der Waals surface area contributed by atoms with Gasteiger partial charge in [0.1, 0.15) is 0 Å². The summed E-state index contributed by atoms with van der Waals surface area (Å²) in [5.41, 5.74) is 1.22. The zero-order valence-electron chi connectivity index (χ0n) is 9.67. The third-order valence-electron chi connectivity index (χ3n) is 1.72. The van der Waals surface area contributed by atoms with E-state index >= 15 is 0 Å². The smallest absolute Gasteiger partial charge is 0.338 e. The molecular weight excluding hydrogens is 206 g/mol. The summed E-state index contributed by atoms with van der Waals surface area (Å²) >= 11 is 0. The zero-order chi connectivity index (χ0) is 12.0. The topological polar surface area (TPSA) is 54.3 Å². The van der Waals surface area contributed by atoms with Crippen molar-refractivity contribution in [2.45, 2.75) is 6.92 Å². The van der Waals surface area contributed by atoms with Crippen LogP contribution in [0.1, 0.15) is 17.3 Å². The fourth-order valence-corrected chi connectivity index (χ4v) is 1.02. The molecule has 5 heteroatoms. The summed E-state index contributed by atoms with van der Waals surface area (Å²) in [5, 5.41) is 9.40. The van der Waals surface area contributed by atoms with E-state index in [1.165, 1.54) is 0 Å². The van der Waals surface area contributed by atoms with Crippen LogP contribution in [-0.2, 0) is 4.74 Å². The summed E-state index contributed by atoms with van der Waals surface area (Å²) in [6.45, 7) is 2.15. The second-order valence-corrected chi connectivity index (χ2v) is 3.30. The fourth-order valence-electron chi connectivity index (χ4n) is 1.02. The van der Waals surface area contributed by atoms with Crippen molar-refractivity contribution in [3.05, 3.63) is 29.8 Å². The maximum absolute atomic E-state index is 11.3. The molecule has 0 aliphatic rings. The van der Waals surface area contributed by atoms with Crippen LogP contribution in [0.4, 0.5) is 5.69 Å². The van der Waals surface area contributed by atoms with Crippen molar-refractivity contribution in [1.29, 1.82) is 0 Å². The minimum absolute atomic E-state index is 0.321. The van der Waals surface area contributed by atoms with Crippen LogP contribution >= 0.6 is 0 Å². The number of nitrogens with zero attached hydrogens (tertiary/aromatic N) is 3. The van der Waals surface area contributed by atoms with Gasteiger partial charge in [0.15, 0.2) is 0 Å². The van der Waals surface area contributed by atoms with Gasteiger partial charge in [0.05, 0.1) is 17.9 Å². The van der Waals surface area contributed by atoms with Crippen LogP contribution in [0, 0.1) is 0 Å². The van der Waals surface area contributed by atoms with Crippen LogP contribution in [0.25, 0.3) is 0 Å². The fraction of sp³-hybridized carbons (Fsp3) is 0.364. The molecule has 0 atom stereocenters. The van der Waals surface area contributed by atoms with Crippen molar-refractivity contribution in [1.82, 2.24) is 5.01 Å². The third-order valence-corrected chi connectivity index (χ3v) is 1.72. The molecule has 0 spiro atoms. The Balaban J connectivity index is 2.71. The molecule has 0 heterocycles. The normalized spacial score (nSPS) is 10.4. The second-order valence-electron chi connectivity index (χ2n) is 3.30. The minimum atomic E-state index is -0.321. The predicted octanol–water partition coefficient (Wildman–Crippen LogP) is 2.42. The molecule has 0 aromatic heterocycles. The first-order chi connectivity index (χ1) is 7.63. The molecule has 0 bridgehead atoms. The molecule has 86 valence electrons. The molecule has 1 rings (SSSR count). The summed E-state index contributed by atoms with van der Waals surface area (Å²) < 4.78 is 4.86. The van der Waals surface area contributed by atoms with E-state index in [9.17, 15) is 4.79 Å². The molecule has 0 saturated carbocycles. The number of hydrogen-bond donors (Lipinski definition) is 0. The molecule has 1 aromatic rings. The van der Waals surface area contributed by atoms with Crippen molar-refractivity contribution in [3.63, 3.8) is 0 Å². The number of hydrogen-bond acceptors (Lipinski definition) is 4. The van der Waals surface area contributed by atoms with Gasteiger partial charge in [-0.25, -0.2) is 4.79 Å². The number of carbonyl (C=O) groups is 1. The summed E-state index contributed by atoms with van der Waals surface area (Å²) in [4.78, 5) is 11.3. The van der Waals surface area contributed by atoms with Crippen molar-refractivity contribution < 1.29 is 9.53 Å². The third kappa shape index (κ3) is 3.68. The number of carbonyl (C=O) groups excluding carboxylic acids is 1. The van der Waals surface area contributed by atoms with Crippen LogP contribution in [0.3, 0.4) is 0 Å². The van der Waals surface area contributed by atoms with Crippen LogP contribution in [0.15, 0.2) is 34.6 Å². The Hall–Kier alpha value is -1.91. The van der Waals surface area contributed by atoms with Crippen LogP contribution < -0.4 is 0 Å². The lowest BCUT2D eigenvalue weighted by Crippen LogP contribution is -2.03. The van der Waals surface area contributed by atoms with E-state index in [-0.39, 0.29) is 5.97 Å². The molecule has 0 unspecified atom stereocenters. The summed E-state index contributed by atoms with van der Waals surface area (Å²) in [6.07, 6.45) is 0. The summed E-state index contributed by atoms with van der Waals surface area (Å²) in [7, 11) is 3.58. The maximum Gasteiger partial charge on any atom is 0.338 e. The molecule has 5 nitrogen and oxygen atoms in total. The SMILES string of the molecule is CCOC(=O)c1ccc(N=NN(C)C)cc1. The van der Waals surface area contributed by atoms with E-state index in [0.717, 1.165) is 0 Å². The van der Waals surface area contributed by atoms with Gasteiger partial charge >= 0.3 is 5.97 Å². The number of esters is 1. The Bertz CT molecular complexity index is 371. The Morgan fingerprint density at radius 2 is 1.94 bits per heavy atom. The minimum Gasteiger partial charge on any atom is -0.462 e. The average Bonchev–Trinajstić information content (AvgIpc) is 2.27. The molecule has 0 amide bonds. The first kappa shape index (κ1) is 12.2. The predicted molar refractivity (Wildman–Crippen MR) is 60.6 cm³/mol. The highest BCUT2D eigenvalue weighted by Gasteiger charge is 2.04. The van der Waals surface area contributed by atoms with Crippen molar-refractivity contribution in [2.75, 3.05) is 20.7 Å². The lowest BCUT2D eigenvalue weighted by atomic mass is 10.2. The Kier molecular flexibility index (Phi) is 4.44. The monoisotopic (exact) mass is 221 g/mol. The van der Waals surface area contributed by atoms with Crippen molar-refractivity contribution in [3.8, 4) is 0 Å². The summed E-state index contributed by atoms with van der Waals surface area (Å²) in [5.74, 6) is -0.321. The molecular formula is C11H15N3O2. The van der Waals surface area contributed by atoms with Crippen molar-refractivity contribution >= 4 is 11.7 Å². The second kappa shape index (κ2) is 5.85. The Labute approximate surface area is 94.7 Å². The Morgan fingerprint density at radius 1 is 1.31 bits per heavy atom. The van der Waals surface area contributed by atoms with Crippen LogP contribution in [0.5, 0.6) is 0 Å². The van der Waals surface area contributed by atoms with E-state index in [0.29, 0.717) is 17.9 Å². The lowest BCUT2D eigenvalue weighted by Gasteiger charge is -2.02. The van der Waals surface area contributed by atoms with Gasteiger partial charge in [-0.2, -0.15) is 0 Å². The number of ether oxygens (including phenoxy) is 1. The molecule has 0 saturated heterocycles.